The maximum Gasteiger partial charge on any atom is 0.258 e. The van der Waals surface area contributed by atoms with Crippen molar-refractivity contribution in [3.63, 3.8) is 0 Å². The Morgan fingerprint density at radius 3 is 2.28 bits per heavy atom. The number of halogens is 1. The summed E-state index contributed by atoms with van der Waals surface area (Å²) in [5.41, 5.74) is 3.46. The van der Waals surface area contributed by atoms with Gasteiger partial charge in [-0.3, -0.25) is 13.9 Å². The highest BCUT2D eigenvalue weighted by atomic mass is 32.2. The monoisotopic (exact) mass is 508 g/mol. The summed E-state index contributed by atoms with van der Waals surface area (Å²) in [5.74, 6) is -1.19. The number of amides is 2. The van der Waals surface area contributed by atoms with Gasteiger partial charge < -0.3 is 15.5 Å². The predicted molar refractivity (Wildman–Crippen MR) is 139 cm³/mol. The van der Waals surface area contributed by atoms with E-state index in [9.17, 15) is 22.4 Å². The molecular formula is C26H25FN4O4S. The maximum atomic E-state index is 13.7. The second kappa shape index (κ2) is 9.82. The lowest BCUT2D eigenvalue weighted by Gasteiger charge is -2.24. The number of anilines is 3. The molecule has 4 rings (SSSR count). The van der Waals surface area contributed by atoms with Gasteiger partial charge in [0, 0.05) is 25.3 Å². The molecule has 0 unspecified atom stereocenters. The van der Waals surface area contributed by atoms with Crippen LogP contribution in [0.3, 0.4) is 0 Å². The molecule has 2 amide bonds. The van der Waals surface area contributed by atoms with Crippen molar-refractivity contribution in [2.24, 2.45) is 0 Å². The van der Waals surface area contributed by atoms with Gasteiger partial charge >= 0.3 is 0 Å². The molecule has 8 nitrogen and oxygen atoms in total. The molecule has 0 atom stereocenters. The molecule has 10 heteroatoms. The lowest BCUT2D eigenvalue weighted by molar-refractivity contribution is -0.127. The van der Waals surface area contributed by atoms with E-state index in [1.807, 2.05) is 30.3 Å². The number of carbonyl (C=O) groups is 2. The Morgan fingerprint density at radius 2 is 1.67 bits per heavy atom. The van der Waals surface area contributed by atoms with Crippen molar-refractivity contribution in [2.45, 2.75) is 0 Å². The molecule has 1 heterocycles. The van der Waals surface area contributed by atoms with E-state index in [1.165, 1.54) is 17.0 Å². The lowest BCUT2D eigenvalue weighted by atomic mass is 10.00. The van der Waals surface area contributed by atoms with Gasteiger partial charge in [-0.15, -0.1) is 0 Å². The molecule has 0 radical (unpaired) electrons. The molecule has 0 fully saturated rings. The number of hydrogen-bond acceptors (Lipinski definition) is 5. The fraction of sp³-hybridized carbons (Fsp3) is 0.154. The fourth-order valence-corrected chi connectivity index (χ4v) is 4.65. The van der Waals surface area contributed by atoms with Gasteiger partial charge in [0.1, 0.15) is 12.4 Å². The van der Waals surface area contributed by atoms with Crippen molar-refractivity contribution >= 4 is 50.2 Å². The summed E-state index contributed by atoms with van der Waals surface area (Å²) in [5, 5.41) is 5.98. The molecule has 0 saturated carbocycles. The number of likely N-dealkylation sites (N-methyl/N-ethyl adjacent to an activating group) is 1. The highest BCUT2D eigenvalue weighted by Gasteiger charge is 2.29. The van der Waals surface area contributed by atoms with E-state index in [0.29, 0.717) is 33.9 Å². The highest BCUT2D eigenvalue weighted by molar-refractivity contribution is 7.92. The van der Waals surface area contributed by atoms with E-state index in [2.05, 4.69) is 10.6 Å². The van der Waals surface area contributed by atoms with Crippen molar-refractivity contribution in [1.29, 1.82) is 0 Å². The third kappa shape index (κ3) is 5.23. The van der Waals surface area contributed by atoms with Gasteiger partial charge in [0.2, 0.25) is 15.9 Å². The number of carbonyl (C=O) groups excluding carboxylic acids is 2. The fourth-order valence-electron chi connectivity index (χ4n) is 3.80. The molecular weight excluding hydrogens is 483 g/mol. The summed E-state index contributed by atoms with van der Waals surface area (Å²) in [7, 11) is -0.599. The average Bonchev–Trinajstić information content (AvgIpc) is 3.15. The van der Waals surface area contributed by atoms with Crippen molar-refractivity contribution in [3.05, 3.63) is 89.7 Å². The minimum Gasteiger partial charge on any atom is -0.354 e. The number of fused-ring (bicyclic) bond motifs is 1. The van der Waals surface area contributed by atoms with Crippen molar-refractivity contribution in [2.75, 3.05) is 41.8 Å². The number of benzene rings is 3. The van der Waals surface area contributed by atoms with E-state index in [0.717, 1.165) is 16.1 Å². The zero-order valence-corrected chi connectivity index (χ0v) is 20.8. The van der Waals surface area contributed by atoms with Crippen LogP contribution in [-0.2, 0) is 19.6 Å². The molecule has 1 aliphatic rings. The minimum absolute atomic E-state index is 0.326. The molecule has 0 aromatic heterocycles. The minimum atomic E-state index is -3.71. The van der Waals surface area contributed by atoms with Crippen LogP contribution in [0.25, 0.3) is 11.3 Å². The zero-order chi connectivity index (χ0) is 26.0. The molecule has 2 N–H and O–H groups in total. The number of nitrogens with one attached hydrogen (secondary N) is 2. The summed E-state index contributed by atoms with van der Waals surface area (Å²) >= 11 is 0. The molecule has 0 bridgehead atoms. The second-order valence-corrected chi connectivity index (χ2v) is 10.4. The predicted octanol–water partition coefficient (Wildman–Crippen LogP) is 3.61. The lowest BCUT2D eigenvalue weighted by Crippen LogP contribution is -2.39. The molecule has 0 aliphatic carbocycles. The first kappa shape index (κ1) is 24.9. The average molecular weight is 509 g/mol. The Labute approximate surface area is 209 Å². The maximum absolute atomic E-state index is 13.7. The van der Waals surface area contributed by atoms with Crippen LogP contribution in [0.5, 0.6) is 0 Å². The normalized spacial score (nSPS) is 14.1. The van der Waals surface area contributed by atoms with Crippen LogP contribution in [0.2, 0.25) is 0 Å². The largest absolute Gasteiger partial charge is 0.354 e. The Bertz CT molecular complexity index is 1450. The highest BCUT2D eigenvalue weighted by Crippen LogP contribution is 2.38. The number of nitrogens with zero attached hydrogens (tertiary/aromatic N) is 2. The first-order valence-electron chi connectivity index (χ1n) is 11.0. The number of rotatable bonds is 7. The SMILES string of the molecule is CN(C)C(=O)CN(c1ccc(N/C(=C2\C(=O)Nc3cc(F)ccc32)c2ccccc2)cc1)S(C)(=O)=O. The standard InChI is InChI=1S/C26H25FN4O4S/c1-30(2)23(32)16-31(36(3,34)35)20-12-10-19(11-13-20)28-25(17-7-5-4-6-8-17)24-21-14-9-18(27)15-22(21)29-26(24)33/h4-15,28H,16H2,1-3H3,(H,29,33)/b25-24-. The Morgan fingerprint density at radius 1 is 1.00 bits per heavy atom. The topological polar surface area (TPSA) is 98.8 Å². The van der Waals surface area contributed by atoms with E-state index in [1.54, 1.807) is 44.4 Å². The zero-order valence-electron chi connectivity index (χ0n) is 19.9. The van der Waals surface area contributed by atoms with Gasteiger partial charge in [-0.1, -0.05) is 30.3 Å². The smallest absolute Gasteiger partial charge is 0.258 e. The summed E-state index contributed by atoms with van der Waals surface area (Å²) in [6.07, 6.45) is 1.04. The van der Waals surface area contributed by atoms with Gasteiger partial charge in [0.25, 0.3) is 5.91 Å². The van der Waals surface area contributed by atoms with Gasteiger partial charge in [-0.25, -0.2) is 12.8 Å². The van der Waals surface area contributed by atoms with Crippen LogP contribution in [0, 0.1) is 5.82 Å². The Kier molecular flexibility index (Phi) is 6.80. The molecule has 3 aromatic carbocycles. The van der Waals surface area contributed by atoms with Crippen LogP contribution in [0.4, 0.5) is 21.5 Å². The number of hydrogen-bond donors (Lipinski definition) is 2. The first-order chi connectivity index (χ1) is 17.0. The quantitative estimate of drug-likeness (QED) is 0.475. The molecule has 0 spiro atoms. The van der Waals surface area contributed by atoms with E-state index in [4.69, 9.17) is 0 Å². The molecule has 1 aliphatic heterocycles. The first-order valence-corrected chi connectivity index (χ1v) is 12.9. The molecule has 0 saturated heterocycles. The third-order valence-corrected chi connectivity index (χ3v) is 6.78. The van der Waals surface area contributed by atoms with Gasteiger partial charge in [0.05, 0.1) is 28.9 Å². The van der Waals surface area contributed by atoms with Gasteiger partial charge in [-0.2, -0.15) is 0 Å². The van der Waals surface area contributed by atoms with Crippen molar-refractivity contribution in [1.82, 2.24) is 4.90 Å². The second-order valence-electron chi connectivity index (χ2n) is 8.49. The van der Waals surface area contributed by atoms with Crippen molar-refractivity contribution in [3.8, 4) is 0 Å². The Balaban J connectivity index is 1.73. The molecule has 3 aromatic rings. The van der Waals surface area contributed by atoms with Gasteiger partial charge in [0.15, 0.2) is 0 Å². The van der Waals surface area contributed by atoms with E-state index >= 15 is 0 Å². The van der Waals surface area contributed by atoms with E-state index < -0.39 is 15.8 Å². The summed E-state index contributed by atoms with van der Waals surface area (Å²) in [4.78, 5) is 26.4. The van der Waals surface area contributed by atoms with Crippen LogP contribution >= 0.6 is 0 Å². The van der Waals surface area contributed by atoms with Crippen LogP contribution < -0.4 is 14.9 Å². The number of sulfonamides is 1. The summed E-state index contributed by atoms with van der Waals surface area (Å²) in [6, 6.07) is 19.8. The third-order valence-electron chi connectivity index (χ3n) is 5.64. The van der Waals surface area contributed by atoms with Crippen molar-refractivity contribution < 1.29 is 22.4 Å². The molecule has 186 valence electrons. The van der Waals surface area contributed by atoms with Crippen LogP contribution in [0.1, 0.15) is 11.1 Å². The summed E-state index contributed by atoms with van der Waals surface area (Å²) in [6.45, 7) is -0.328. The summed E-state index contributed by atoms with van der Waals surface area (Å²) < 4.78 is 39.5. The van der Waals surface area contributed by atoms with Crippen LogP contribution in [0.15, 0.2) is 72.8 Å². The molecule has 36 heavy (non-hydrogen) atoms. The van der Waals surface area contributed by atoms with Crippen LogP contribution in [-0.4, -0.2) is 52.0 Å². The van der Waals surface area contributed by atoms with Gasteiger partial charge in [-0.05, 0) is 48.0 Å². The Hall–Kier alpha value is -4.18. The van der Waals surface area contributed by atoms with E-state index in [-0.39, 0.29) is 18.4 Å².